The topological polar surface area (TPSA) is 58.9 Å². The molecule has 0 saturated carbocycles. The van der Waals surface area contributed by atoms with E-state index in [1.165, 1.54) is 6.07 Å². The Bertz CT molecular complexity index is 494. The lowest BCUT2D eigenvalue weighted by Crippen LogP contribution is -1.91. The fourth-order valence-electron chi connectivity index (χ4n) is 1.38. The van der Waals surface area contributed by atoms with Crippen molar-refractivity contribution >= 4 is 21.6 Å². The van der Waals surface area contributed by atoms with Crippen LogP contribution in [0.25, 0.3) is 11.3 Å². The third-order valence-corrected chi connectivity index (χ3v) is 2.54. The van der Waals surface area contributed by atoms with Crippen molar-refractivity contribution < 1.29 is 4.92 Å². The predicted octanol–water partition coefficient (Wildman–Crippen LogP) is 3.35. The van der Waals surface area contributed by atoms with Crippen molar-refractivity contribution in [2.45, 2.75) is 0 Å². The molecule has 2 rings (SSSR count). The molecule has 1 N–H and O–H groups in total. The minimum absolute atomic E-state index is 0.0897. The molecule has 0 radical (unpaired) electrons. The monoisotopic (exact) mass is 266 g/mol. The predicted molar refractivity (Wildman–Crippen MR) is 60.6 cm³/mol. The summed E-state index contributed by atoms with van der Waals surface area (Å²) in [6, 6.07) is 8.60. The van der Waals surface area contributed by atoms with Gasteiger partial charge in [-0.2, -0.15) is 0 Å². The van der Waals surface area contributed by atoms with E-state index < -0.39 is 0 Å². The zero-order chi connectivity index (χ0) is 10.8. The average Bonchev–Trinajstić information content (AvgIpc) is 2.70. The summed E-state index contributed by atoms with van der Waals surface area (Å²) in [5.41, 5.74) is 1.43. The lowest BCUT2D eigenvalue weighted by Gasteiger charge is -2.00. The Balaban J connectivity index is 2.61. The average molecular weight is 267 g/mol. The van der Waals surface area contributed by atoms with Gasteiger partial charge >= 0.3 is 0 Å². The molecule has 2 aromatic rings. The molecule has 1 aromatic carbocycles. The molecule has 76 valence electrons. The van der Waals surface area contributed by atoms with Gasteiger partial charge < -0.3 is 4.98 Å². The van der Waals surface area contributed by atoms with Gasteiger partial charge in [-0.05, 0) is 24.3 Å². The maximum atomic E-state index is 10.8. The van der Waals surface area contributed by atoms with Gasteiger partial charge in [-0.25, -0.2) is 0 Å². The number of hydrogen-bond donors (Lipinski definition) is 1. The summed E-state index contributed by atoms with van der Waals surface area (Å²) in [5.74, 6) is 0. The van der Waals surface area contributed by atoms with Crippen LogP contribution in [0.5, 0.6) is 0 Å². The number of nitrogens with zero attached hydrogens (tertiary/aromatic N) is 1. The molecule has 0 fully saturated rings. The quantitative estimate of drug-likeness (QED) is 0.670. The number of nitro benzene ring substituents is 1. The van der Waals surface area contributed by atoms with Crippen LogP contribution >= 0.6 is 15.9 Å². The van der Waals surface area contributed by atoms with E-state index in [1.807, 2.05) is 0 Å². The van der Waals surface area contributed by atoms with E-state index in [-0.39, 0.29) is 10.6 Å². The molecule has 0 amide bonds. The Kier molecular flexibility index (Phi) is 2.55. The largest absolute Gasteiger partial charge is 0.361 e. The maximum Gasteiger partial charge on any atom is 0.279 e. The first-order valence-corrected chi connectivity index (χ1v) is 5.05. The van der Waals surface area contributed by atoms with Crippen LogP contribution in [-0.4, -0.2) is 9.91 Å². The third-order valence-electron chi connectivity index (χ3n) is 2.04. The molecule has 0 spiro atoms. The first-order valence-electron chi connectivity index (χ1n) is 4.26. The molecule has 5 heteroatoms. The number of aromatic nitrogens is 1. The van der Waals surface area contributed by atoms with Crippen LogP contribution in [0.2, 0.25) is 0 Å². The molecule has 0 aliphatic heterocycles. The highest BCUT2D eigenvalue weighted by Gasteiger charge is 2.15. The Morgan fingerprint density at radius 1 is 1.33 bits per heavy atom. The van der Waals surface area contributed by atoms with E-state index in [9.17, 15) is 10.1 Å². The fraction of sp³-hybridized carbons (Fsp3) is 0. The Morgan fingerprint density at radius 2 is 2.13 bits per heavy atom. The first-order chi connectivity index (χ1) is 7.18. The third kappa shape index (κ3) is 1.92. The summed E-state index contributed by atoms with van der Waals surface area (Å²) in [5, 5.41) is 10.8. The number of benzene rings is 1. The molecule has 0 bridgehead atoms. The second-order valence-electron chi connectivity index (χ2n) is 3.00. The van der Waals surface area contributed by atoms with Gasteiger partial charge in [-0.15, -0.1) is 0 Å². The zero-order valence-corrected chi connectivity index (χ0v) is 9.19. The van der Waals surface area contributed by atoms with Crippen molar-refractivity contribution in [2.75, 3.05) is 0 Å². The summed E-state index contributed by atoms with van der Waals surface area (Å²) in [4.78, 5) is 13.4. The van der Waals surface area contributed by atoms with E-state index in [4.69, 9.17) is 0 Å². The van der Waals surface area contributed by atoms with Crippen LogP contribution in [0.1, 0.15) is 0 Å². The molecular formula is C10H7BrN2O2. The van der Waals surface area contributed by atoms with E-state index in [0.717, 1.165) is 5.69 Å². The number of aromatic amines is 1. The Hall–Kier alpha value is -1.62. The van der Waals surface area contributed by atoms with Gasteiger partial charge in [0.15, 0.2) is 0 Å². The molecule has 0 unspecified atom stereocenters. The molecule has 1 aromatic heterocycles. The van der Waals surface area contributed by atoms with Crippen molar-refractivity contribution in [1.82, 2.24) is 4.98 Å². The molecule has 0 aliphatic carbocycles. The Labute approximate surface area is 94.2 Å². The smallest absolute Gasteiger partial charge is 0.279 e. The normalized spacial score (nSPS) is 10.2. The van der Waals surface area contributed by atoms with E-state index in [1.54, 1.807) is 30.5 Å². The summed E-state index contributed by atoms with van der Waals surface area (Å²) in [6.07, 6.45) is 1.74. The van der Waals surface area contributed by atoms with E-state index in [2.05, 4.69) is 20.9 Å². The maximum absolute atomic E-state index is 10.8. The van der Waals surface area contributed by atoms with Gasteiger partial charge in [0.1, 0.15) is 0 Å². The highest BCUT2D eigenvalue weighted by atomic mass is 79.9. The number of rotatable bonds is 2. The van der Waals surface area contributed by atoms with Crippen molar-refractivity contribution in [2.24, 2.45) is 0 Å². The summed E-state index contributed by atoms with van der Waals surface area (Å²) >= 11 is 3.21. The Morgan fingerprint density at radius 3 is 2.73 bits per heavy atom. The summed E-state index contributed by atoms with van der Waals surface area (Å²) < 4.78 is 0.699. The van der Waals surface area contributed by atoms with Gasteiger partial charge in [-0.1, -0.05) is 15.9 Å². The fourth-order valence-corrected chi connectivity index (χ4v) is 1.73. The first kappa shape index (κ1) is 9.92. The highest BCUT2D eigenvalue weighted by Crippen LogP contribution is 2.31. The lowest BCUT2D eigenvalue weighted by atomic mass is 10.1. The van der Waals surface area contributed by atoms with Gasteiger partial charge in [-0.3, -0.25) is 10.1 Å². The minimum atomic E-state index is -0.388. The van der Waals surface area contributed by atoms with Gasteiger partial charge in [0, 0.05) is 16.7 Å². The zero-order valence-electron chi connectivity index (χ0n) is 7.61. The molecular weight excluding hydrogens is 260 g/mol. The number of H-pyrrole nitrogens is 1. The van der Waals surface area contributed by atoms with Crippen LogP contribution in [0.4, 0.5) is 5.69 Å². The number of halogens is 1. The molecule has 0 saturated heterocycles. The summed E-state index contributed by atoms with van der Waals surface area (Å²) in [6.45, 7) is 0. The standard InChI is InChI=1S/C10H7BrN2O2/c11-7-3-4-8(9-2-1-5-12-9)10(6-7)13(14)15/h1-6,12H. The molecule has 0 aliphatic rings. The van der Waals surface area contributed by atoms with Crippen LogP contribution in [0.15, 0.2) is 41.0 Å². The van der Waals surface area contributed by atoms with Gasteiger partial charge in [0.25, 0.3) is 5.69 Å². The van der Waals surface area contributed by atoms with E-state index in [0.29, 0.717) is 10.0 Å². The number of hydrogen-bond acceptors (Lipinski definition) is 2. The van der Waals surface area contributed by atoms with Crippen molar-refractivity contribution in [3.63, 3.8) is 0 Å². The molecule has 0 atom stereocenters. The minimum Gasteiger partial charge on any atom is -0.361 e. The van der Waals surface area contributed by atoms with Gasteiger partial charge in [0.05, 0.1) is 16.2 Å². The van der Waals surface area contributed by atoms with Crippen molar-refractivity contribution in [3.8, 4) is 11.3 Å². The van der Waals surface area contributed by atoms with Crippen molar-refractivity contribution in [3.05, 3.63) is 51.1 Å². The number of nitrogens with one attached hydrogen (secondary N) is 1. The molecule has 1 heterocycles. The van der Waals surface area contributed by atoms with E-state index >= 15 is 0 Å². The highest BCUT2D eigenvalue weighted by molar-refractivity contribution is 9.10. The number of nitro groups is 1. The van der Waals surface area contributed by atoms with Crippen LogP contribution in [0, 0.1) is 10.1 Å². The van der Waals surface area contributed by atoms with Crippen LogP contribution < -0.4 is 0 Å². The van der Waals surface area contributed by atoms with Crippen LogP contribution in [-0.2, 0) is 0 Å². The summed E-state index contributed by atoms with van der Waals surface area (Å²) in [7, 11) is 0. The van der Waals surface area contributed by atoms with Crippen molar-refractivity contribution in [1.29, 1.82) is 0 Å². The second-order valence-corrected chi connectivity index (χ2v) is 3.92. The SMILES string of the molecule is O=[N+]([O-])c1cc(Br)ccc1-c1ccc[nH]1. The molecule has 4 nitrogen and oxygen atoms in total. The van der Waals surface area contributed by atoms with Crippen LogP contribution in [0.3, 0.4) is 0 Å². The lowest BCUT2D eigenvalue weighted by molar-refractivity contribution is -0.384. The van der Waals surface area contributed by atoms with Gasteiger partial charge in [0.2, 0.25) is 0 Å². The molecule has 15 heavy (non-hydrogen) atoms. The second kappa shape index (κ2) is 3.86.